The van der Waals surface area contributed by atoms with Gasteiger partial charge in [-0.2, -0.15) is 0 Å². The Bertz CT molecular complexity index is 971. The lowest BCUT2D eigenvalue weighted by Gasteiger charge is -2.14. The van der Waals surface area contributed by atoms with Gasteiger partial charge in [0.1, 0.15) is 5.69 Å². The van der Waals surface area contributed by atoms with Gasteiger partial charge in [0.2, 0.25) is 6.29 Å². The summed E-state index contributed by atoms with van der Waals surface area (Å²) >= 11 is 0. The van der Waals surface area contributed by atoms with Gasteiger partial charge in [-0.25, -0.2) is 4.98 Å². The minimum absolute atomic E-state index is 0.500. The van der Waals surface area contributed by atoms with Crippen LogP contribution in [0.15, 0.2) is 48.5 Å². The van der Waals surface area contributed by atoms with Gasteiger partial charge in [0, 0.05) is 35.9 Å². The monoisotopic (exact) mass is 292 g/mol. The smallest absolute Gasteiger partial charge is 0.202 e. The second-order valence-corrected chi connectivity index (χ2v) is 5.24. The molecule has 4 nitrogen and oxygen atoms in total. The highest BCUT2D eigenvalue weighted by atomic mass is 16.7. The maximum atomic E-state index is 5.43. The van der Waals surface area contributed by atoms with E-state index in [-0.39, 0.29) is 0 Å². The zero-order chi connectivity index (χ0) is 15.1. The molecule has 4 rings (SSSR count). The Morgan fingerprint density at radius 1 is 0.909 bits per heavy atom. The molecule has 0 atom stereocenters. The molecular formula is C18H16N2O2. The Hall–Kier alpha value is -2.43. The molecule has 0 amide bonds. The molecule has 0 bridgehead atoms. The van der Waals surface area contributed by atoms with Crippen LogP contribution >= 0.6 is 0 Å². The van der Waals surface area contributed by atoms with E-state index in [9.17, 15) is 0 Å². The lowest BCUT2D eigenvalue weighted by Crippen LogP contribution is -2.07. The predicted molar refractivity (Wildman–Crippen MR) is 87.9 cm³/mol. The number of ether oxygens (including phenoxy) is 2. The van der Waals surface area contributed by atoms with E-state index < -0.39 is 6.29 Å². The fourth-order valence-corrected chi connectivity index (χ4v) is 3.07. The number of nitrogens with one attached hydrogen (secondary N) is 1. The number of fused-ring (bicyclic) bond motifs is 5. The normalized spacial score (nSPS) is 12.0. The number of rotatable bonds is 3. The summed E-state index contributed by atoms with van der Waals surface area (Å²) in [7, 11) is 3.25. The number of aromatic nitrogens is 2. The van der Waals surface area contributed by atoms with Crippen LogP contribution in [0, 0.1) is 0 Å². The van der Waals surface area contributed by atoms with Gasteiger partial charge in [-0.05, 0) is 12.1 Å². The van der Waals surface area contributed by atoms with Crippen LogP contribution in [0.5, 0.6) is 0 Å². The highest BCUT2D eigenvalue weighted by Crippen LogP contribution is 2.35. The number of hydrogen-bond donors (Lipinski definition) is 1. The van der Waals surface area contributed by atoms with Crippen LogP contribution in [-0.2, 0) is 9.47 Å². The third-order valence-corrected chi connectivity index (χ3v) is 4.03. The van der Waals surface area contributed by atoms with Crippen LogP contribution in [-0.4, -0.2) is 24.2 Å². The summed E-state index contributed by atoms with van der Waals surface area (Å²) in [6, 6.07) is 16.4. The minimum atomic E-state index is -0.500. The third kappa shape index (κ3) is 1.81. The molecule has 2 aromatic carbocycles. The molecule has 2 heterocycles. The van der Waals surface area contributed by atoms with Crippen LogP contribution in [0.2, 0.25) is 0 Å². The molecular weight excluding hydrogens is 276 g/mol. The van der Waals surface area contributed by atoms with Crippen molar-refractivity contribution >= 4 is 32.7 Å². The van der Waals surface area contributed by atoms with Crippen molar-refractivity contribution in [3.63, 3.8) is 0 Å². The average Bonchev–Trinajstić information content (AvgIpc) is 2.96. The summed E-state index contributed by atoms with van der Waals surface area (Å²) < 4.78 is 10.9. The lowest BCUT2D eigenvalue weighted by atomic mass is 10.1. The Balaban J connectivity index is 2.23. The maximum absolute atomic E-state index is 5.43. The van der Waals surface area contributed by atoms with E-state index in [4.69, 9.17) is 14.5 Å². The first-order valence-electron chi connectivity index (χ1n) is 7.18. The fraction of sp³-hybridized carbons (Fsp3) is 0.167. The molecule has 1 N–H and O–H groups in total. The summed E-state index contributed by atoms with van der Waals surface area (Å²) in [6.07, 6.45) is -0.500. The lowest BCUT2D eigenvalue weighted by molar-refractivity contribution is -0.107. The van der Waals surface area contributed by atoms with E-state index in [1.165, 1.54) is 5.39 Å². The molecule has 110 valence electrons. The molecule has 0 aliphatic rings. The molecule has 0 radical (unpaired) electrons. The van der Waals surface area contributed by atoms with E-state index >= 15 is 0 Å². The van der Waals surface area contributed by atoms with E-state index in [0.29, 0.717) is 0 Å². The molecule has 0 unspecified atom stereocenters. The first-order valence-corrected chi connectivity index (χ1v) is 7.18. The molecule has 0 spiro atoms. The van der Waals surface area contributed by atoms with Crippen molar-refractivity contribution in [1.29, 1.82) is 0 Å². The third-order valence-electron chi connectivity index (χ3n) is 4.03. The van der Waals surface area contributed by atoms with Crippen molar-refractivity contribution in [2.24, 2.45) is 0 Å². The van der Waals surface area contributed by atoms with Gasteiger partial charge in [-0.1, -0.05) is 36.4 Å². The van der Waals surface area contributed by atoms with E-state index in [0.717, 1.165) is 33.0 Å². The highest BCUT2D eigenvalue weighted by Gasteiger charge is 2.20. The Morgan fingerprint density at radius 2 is 1.59 bits per heavy atom. The Morgan fingerprint density at radius 3 is 2.36 bits per heavy atom. The number of para-hydroxylation sites is 2. The molecule has 0 fully saturated rings. The van der Waals surface area contributed by atoms with Gasteiger partial charge in [-0.15, -0.1) is 0 Å². The first-order chi connectivity index (χ1) is 10.8. The number of nitrogens with zero attached hydrogens (tertiary/aromatic N) is 1. The van der Waals surface area contributed by atoms with Gasteiger partial charge in [-0.3, -0.25) is 0 Å². The second kappa shape index (κ2) is 5.09. The topological polar surface area (TPSA) is 47.1 Å². The van der Waals surface area contributed by atoms with Crippen LogP contribution in [0.1, 0.15) is 12.0 Å². The first kappa shape index (κ1) is 13.2. The van der Waals surface area contributed by atoms with Crippen LogP contribution in [0.4, 0.5) is 0 Å². The quantitative estimate of drug-likeness (QED) is 0.577. The molecule has 0 saturated carbocycles. The predicted octanol–water partition coefficient (Wildman–Crippen LogP) is 4.16. The number of benzene rings is 2. The summed E-state index contributed by atoms with van der Waals surface area (Å²) in [5.74, 6) is 0. The van der Waals surface area contributed by atoms with E-state index in [2.05, 4.69) is 29.2 Å². The Kier molecular flexibility index (Phi) is 3.06. The number of aromatic amines is 1. The zero-order valence-corrected chi connectivity index (χ0v) is 12.5. The van der Waals surface area contributed by atoms with Crippen LogP contribution in [0.3, 0.4) is 0 Å². The van der Waals surface area contributed by atoms with Gasteiger partial charge >= 0.3 is 0 Å². The standard InChI is InChI=1S/C18H16N2O2/c1-21-18(22-2)17-16-15(11-7-3-5-9-13(11)19-16)12-8-4-6-10-14(12)20-17/h3-10,18-19H,1-2H3. The molecule has 0 saturated heterocycles. The minimum Gasteiger partial charge on any atom is -0.353 e. The number of H-pyrrole nitrogens is 1. The van der Waals surface area contributed by atoms with Gasteiger partial charge in [0.05, 0.1) is 11.0 Å². The second-order valence-electron chi connectivity index (χ2n) is 5.24. The van der Waals surface area contributed by atoms with Crippen molar-refractivity contribution in [3.8, 4) is 0 Å². The zero-order valence-electron chi connectivity index (χ0n) is 12.5. The molecule has 2 aromatic heterocycles. The van der Waals surface area contributed by atoms with Crippen molar-refractivity contribution in [2.45, 2.75) is 6.29 Å². The van der Waals surface area contributed by atoms with Crippen LogP contribution < -0.4 is 0 Å². The SMILES string of the molecule is COC(OC)c1nc2ccccc2c2c1[nH]c1ccccc12. The summed E-state index contributed by atoms with van der Waals surface area (Å²) in [5, 5.41) is 3.48. The van der Waals surface area contributed by atoms with E-state index in [1.807, 2.05) is 24.3 Å². The fourth-order valence-electron chi connectivity index (χ4n) is 3.07. The molecule has 0 aliphatic carbocycles. The van der Waals surface area contributed by atoms with Gasteiger partial charge in [0.15, 0.2) is 0 Å². The van der Waals surface area contributed by atoms with Crippen LogP contribution in [0.25, 0.3) is 32.7 Å². The molecule has 4 aromatic rings. The summed E-state index contributed by atoms with van der Waals surface area (Å²) in [4.78, 5) is 8.22. The maximum Gasteiger partial charge on any atom is 0.202 e. The van der Waals surface area contributed by atoms with Gasteiger partial charge < -0.3 is 14.5 Å². The van der Waals surface area contributed by atoms with Crippen molar-refractivity contribution < 1.29 is 9.47 Å². The highest BCUT2D eigenvalue weighted by molar-refractivity contribution is 6.19. The number of hydrogen-bond acceptors (Lipinski definition) is 3. The van der Waals surface area contributed by atoms with Crippen molar-refractivity contribution in [3.05, 3.63) is 54.2 Å². The van der Waals surface area contributed by atoms with Crippen molar-refractivity contribution in [2.75, 3.05) is 14.2 Å². The van der Waals surface area contributed by atoms with Gasteiger partial charge in [0.25, 0.3) is 0 Å². The Labute approximate surface area is 127 Å². The van der Waals surface area contributed by atoms with E-state index in [1.54, 1.807) is 14.2 Å². The largest absolute Gasteiger partial charge is 0.353 e. The number of methoxy groups -OCH3 is 2. The summed E-state index contributed by atoms with van der Waals surface area (Å²) in [5.41, 5.74) is 3.76. The molecule has 22 heavy (non-hydrogen) atoms. The number of pyridine rings is 1. The summed E-state index contributed by atoms with van der Waals surface area (Å²) in [6.45, 7) is 0. The molecule has 4 heteroatoms. The average molecular weight is 292 g/mol. The molecule has 0 aliphatic heterocycles. The van der Waals surface area contributed by atoms with Crippen molar-refractivity contribution in [1.82, 2.24) is 9.97 Å².